The zero-order valence-corrected chi connectivity index (χ0v) is 10.5. The van der Waals surface area contributed by atoms with Crippen molar-refractivity contribution in [3.05, 3.63) is 35.9 Å². The molecule has 0 saturated heterocycles. The van der Waals surface area contributed by atoms with E-state index in [-0.39, 0.29) is 0 Å². The van der Waals surface area contributed by atoms with Gasteiger partial charge in [-0.1, -0.05) is 44.2 Å². The molecule has 0 aliphatic heterocycles. The first-order valence-corrected chi connectivity index (χ1v) is 6.49. The lowest BCUT2D eigenvalue weighted by atomic mass is 9.81. The fraction of sp³-hybridized carbons (Fsp3) is 0.600. The van der Waals surface area contributed by atoms with Crippen LogP contribution in [0.3, 0.4) is 0 Å². The van der Waals surface area contributed by atoms with Crippen molar-refractivity contribution in [3.8, 4) is 0 Å². The molecule has 0 amide bonds. The Morgan fingerprint density at radius 1 is 1.25 bits per heavy atom. The molecule has 0 aromatic heterocycles. The van der Waals surface area contributed by atoms with E-state index in [0.717, 1.165) is 12.6 Å². The zero-order valence-electron chi connectivity index (χ0n) is 10.5. The highest BCUT2D eigenvalue weighted by Gasteiger charge is 2.27. The van der Waals surface area contributed by atoms with Crippen LogP contribution in [0.4, 0.5) is 0 Å². The quantitative estimate of drug-likeness (QED) is 0.770. The minimum Gasteiger partial charge on any atom is -0.313 e. The summed E-state index contributed by atoms with van der Waals surface area (Å²) < 4.78 is 0. The Morgan fingerprint density at radius 3 is 2.50 bits per heavy atom. The molecule has 1 aromatic rings. The van der Waals surface area contributed by atoms with E-state index < -0.39 is 0 Å². The Balaban J connectivity index is 1.91. The second-order valence-electron chi connectivity index (χ2n) is 5.48. The molecule has 0 bridgehead atoms. The van der Waals surface area contributed by atoms with Crippen LogP contribution in [0.2, 0.25) is 0 Å². The monoisotopic (exact) mass is 217 g/mol. The summed E-state index contributed by atoms with van der Waals surface area (Å²) in [5, 5.41) is 3.67. The Hall–Kier alpha value is -0.820. The maximum atomic E-state index is 3.67. The van der Waals surface area contributed by atoms with Crippen molar-refractivity contribution in [2.24, 2.45) is 5.41 Å². The fourth-order valence-corrected chi connectivity index (χ4v) is 2.08. The van der Waals surface area contributed by atoms with E-state index in [2.05, 4.69) is 49.5 Å². The molecule has 0 radical (unpaired) electrons. The van der Waals surface area contributed by atoms with Gasteiger partial charge in [0.25, 0.3) is 0 Å². The maximum absolute atomic E-state index is 3.67. The molecule has 0 heterocycles. The average Bonchev–Trinajstić information content (AvgIpc) is 3.12. The first-order chi connectivity index (χ1) is 7.72. The van der Waals surface area contributed by atoms with Crippen LogP contribution in [0, 0.1) is 5.41 Å². The predicted octanol–water partition coefficient (Wildman–Crippen LogP) is 3.40. The van der Waals surface area contributed by atoms with Crippen molar-refractivity contribution in [2.75, 3.05) is 6.54 Å². The minimum atomic E-state index is 0.407. The van der Waals surface area contributed by atoms with Crippen LogP contribution < -0.4 is 5.32 Å². The number of hydrogen-bond acceptors (Lipinski definition) is 1. The van der Waals surface area contributed by atoms with Gasteiger partial charge in [0, 0.05) is 12.6 Å². The standard InChI is InChI=1S/C15H23N/c1-3-15(2,12-16-14-9-10-14)11-13-7-5-4-6-8-13/h4-8,14,16H,3,9-12H2,1-2H3. The molecule has 2 rings (SSSR count). The van der Waals surface area contributed by atoms with Crippen molar-refractivity contribution in [1.29, 1.82) is 0 Å². The molecule has 1 N–H and O–H groups in total. The predicted molar refractivity (Wildman–Crippen MR) is 69.6 cm³/mol. The SMILES string of the molecule is CCC(C)(CNC1CC1)Cc1ccccc1. The van der Waals surface area contributed by atoms with Crippen molar-refractivity contribution in [2.45, 2.75) is 45.6 Å². The molecule has 1 saturated carbocycles. The number of benzene rings is 1. The molecule has 16 heavy (non-hydrogen) atoms. The van der Waals surface area contributed by atoms with Gasteiger partial charge in [-0.2, -0.15) is 0 Å². The van der Waals surface area contributed by atoms with Gasteiger partial charge < -0.3 is 5.32 Å². The minimum absolute atomic E-state index is 0.407. The fourth-order valence-electron chi connectivity index (χ4n) is 2.08. The highest BCUT2D eigenvalue weighted by Crippen LogP contribution is 2.28. The first-order valence-electron chi connectivity index (χ1n) is 6.49. The van der Waals surface area contributed by atoms with E-state index in [1.54, 1.807) is 0 Å². The van der Waals surface area contributed by atoms with Gasteiger partial charge in [-0.05, 0) is 36.7 Å². The van der Waals surface area contributed by atoms with Crippen LogP contribution >= 0.6 is 0 Å². The van der Waals surface area contributed by atoms with Crippen LogP contribution in [-0.4, -0.2) is 12.6 Å². The highest BCUT2D eigenvalue weighted by atomic mass is 15.0. The van der Waals surface area contributed by atoms with Crippen LogP contribution in [0.25, 0.3) is 0 Å². The van der Waals surface area contributed by atoms with E-state index in [1.165, 1.54) is 31.2 Å². The molecule has 1 aliphatic rings. The van der Waals surface area contributed by atoms with Gasteiger partial charge in [-0.25, -0.2) is 0 Å². The Kier molecular flexibility index (Phi) is 3.65. The summed E-state index contributed by atoms with van der Waals surface area (Å²) in [6.07, 6.45) is 5.18. The third-order valence-corrected chi connectivity index (χ3v) is 3.72. The highest BCUT2D eigenvalue weighted by molar-refractivity contribution is 5.16. The van der Waals surface area contributed by atoms with Crippen molar-refractivity contribution >= 4 is 0 Å². The van der Waals surface area contributed by atoms with E-state index >= 15 is 0 Å². The van der Waals surface area contributed by atoms with E-state index in [4.69, 9.17) is 0 Å². The number of hydrogen-bond donors (Lipinski definition) is 1. The lowest BCUT2D eigenvalue weighted by molar-refractivity contribution is 0.289. The summed E-state index contributed by atoms with van der Waals surface area (Å²) >= 11 is 0. The summed E-state index contributed by atoms with van der Waals surface area (Å²) in [5.74, 6) is 0. The summed E-state index contributed by atoms with van der Waals surface area (Å²) in [6.45, 7) is 5.86. The summed E-state index contributed by atoms with van der Waals surface area (Å²) in [6, 6.07) is 11.7. The first kappa shape index (κ1) is 11.7. The molecule has 1 atom stereocenters. The van der Waals surface area contributed by atoms with E-state index in [1.807, 2.05) is 0 Å². The van der Waals surface area contributed by atoms with Gasteiger partial charge in [0.1, 0.15) is 0 Å². The van der Waals surface area contributed by atoms with Gasteiger partial charge in [0.15, 0.2) is 0 Å². The average molecular weight is 217 g/mol. The number of nitrogens with one attached hydrogen (secondary N) is 1. The molecule has 1 aromatic carbocycles. The lowest BCUT2D eigenvalue weighted by Gasteiger charge is -2.29. The van der Waals surface area contributed by atoms with E-state index in [9.17, 15) is 0 Å². The summed E-state index contributed by atoms with van der Waals surface area (Å²) in [4.78, 5) is 0. The molecule has 88 valence electrons. The largest absolute Gasteiger partial charge is 0.313 e. The zero-order chi connectivity index (χ0) is 11.4. The van der Waals surface area contributed by atoms with Crippen molar-refractivity contribution < 1.29 is 0 Å². The van der Waals surface area contributed by atoms with Crippen LogP contribution in [-0.2, 0) is 6.42 Å². The van der Waals surface area contributed by atoms with Gasteiger partial charge in [0.05, 0.1) is 0 Å². The van der Waals surface area contributed by atoms with Gasteiger partial charge >= 0.3 is 0 Å². The third-order valence-electron chi connectivity index (χ3n) is 3.72. The molecular weight excluding hydrogens is 194 g/mol. The maximum Gasteiger partial charge on any atom is 0.00684 e. The van der Waals surface area contributed by atoms with E-state index in [0.29, 0.717) is 5.41 Å². The number of rotatable bonds is 6. The molecule has 1 unspecified atom stereocenters. The molecular formula is C15H23N. The summed E-state index contributed by atoms with van der Waals surface area (Å²) in [5.41, 5.74) is 1.87. The normalized spacial score (nSPS) is 19.4. The Labute approximate surface area is 99.3 Å². The van der Waals surface area contributed by atoms with Crippen LogP contribution in [0.1, 0.15) is 38.7 Å². The lowest BCUT2D eigenvalue weighted by Crippen LogP contribution is -2.34. The third kappa shape index (κ3) is 3.34. The van der Waals surface area contributed by atoms with Gasteiger partial charge in [-0.15, -0.1) is 0 Å². The molecule has 1 heteroatoms. The molecule has 1 aliphatic carbocycles. The van der Waals surface area contributed by atoms with Gasteiger partial charge in [-0.3, -0.25) is 0 Å². The van der Waals surface area contributed by atoms with Crippen LogP contribution in [0.5, 0.6) is 0 Å². The Bertz CT molecular complexity index is 315. The van der Waals surface area contributed by atoms with Gasteiger partial charge in [0.2, 0.25) is 0 Å². The van der Waals surface area contributed by atoms with Crippen molar-refractivity contribution in [3.63, 3.8) is 0 Å². The smallest absolute Gasteiger partial charge is 0.00684 e. The Morgan fingerprint density at radius 2 is 1.94 bits per heavy atom. The molecule has 0 spiro atoms. The second-order valence-corrected chi connectivity index (χ2v) is 5.48. The van der Waals surface area contributed by atoms with Crippen molar-refractivity contribution in [1.82, 2.24) is 5.32 Å². The second kappa shape index (κ2) is 5.01. The van der Waals surface area contributed by atoms with Crippen LogP contribution in [0.15, 0.2) is 30.3 Å². The topological polar surface area (TPSA) is 12.0 Å². The summed E-state index contributed by atoms with van der Waals surface area (Å²) in [7, 11) is 0. The molecule has 1 fully saturated rings. The molecule has 1 nitrogen and oxygen atoms in total.